The first-order valence-corrected chi connectivity index (χ1v) is 10.1. The van der Waals surface area contributed by atoms with E-state index in [0.29, 0.717) is 30.3 Å². The summed E-state index contributed by atoms with van der Waals surface area (Å²) in [6.45, 7) is 2.41. The van der Waals surface area contributed by atoms with Gasteiger partial charge in [0.1, 0.15) is 0 Å². The second kappa shape index (κ2) is 8.04. The minimum Gasteiger partial charge on any atom is -0.459 e. The molecule has 8 nitrogen and oxygen atoms in total. The molecule has 1 aromatic carbocycles. The number of thiazole rings is 1. The van der Waals surface area contributed by atoms with Crippen molar-refractivity contribution in [3.63, 3.8) is 0 Å². The van der Waals surface area contributed by atoms with Gasteiger partial charge < -0.3 is 20.0 Å². The van der Waals surface area contributed by atoms with Gasteiger partial charge in [0, 0.05) is 25.7 Å². The first kappa shape index (κ1) is 19.1. The zero-order valence-electron chi connectivity index (χ0n) is 15.8. The fourth-order valence-corrected chi connectivity index (χ4v) is 4.31. The van der Waals surface area contributed by atoms with Crippen LogP contribution >= 0.6 is 11.3 Å². The summed E-state index contributed by atoms with van der Waals surface area (Å²) in [7, 11) is 0. The third-order valence-corrected chi connectivity index (χ3v) is 5.68. The van der Waals surface area contributed by atoms with E-state index in [1.54, 1.807) is 29.2 Å². The molecule has 3 aromatic rings. The normalized spacial score (nSPS) is 16.6. The van der Waals surface area contributed by atoms with Gasteiger partial charge in [-0.3, -0.25) is 14.4 Å². The van der Waals surface area contributed by atoms with E-state index in [2.05, 4.69) is 15.6 Å². The summed E-state index contributed by atoms with van der Waals surface area (Å²) < 4.78 is 6.05. The van der Waals surface area contributed by atoms with E-state index >= 15 is 0 Å². The van der Waals surface area contributed by atoms with Crippen LogP contribution in [0.4, 0.5) is 10.8 Å². The molecule has 0 aliphatic carbocycles. The average Bonchev–Trinajstić information content (AvgIpc) is 3.36. The van der Waals surface area contributed by atoms with Crippen molar-refractivity contribution in [3.8, 4) is 0 Å². The number of nitrogens with one attached hydrogen (secondary N) is 2. The van der Waals surface area contributed by atoms with Gasteiger partial charge in [-0.1, -0.05) is 11.3 Å². The number of anilines is 2. The number of rotatable bonds is 4. The van der Waals surface area contributed by atoms with E-state index in [-0.39, 0.29) is 29.4 Å². The Morgan fingerprint density at radius 1 is 1.24 bits per heavy atom. The van der Waals surface area contributed by atoms with Gasteiger partial charge in [-0.15, -0.1) is 0 Å². The SMILES string of the molecule is CC(=O)Nc1ccc2nc(NC(=O)[C@H]3CCCN(C(=O)c4ccco4)C3)sc2c1. The zero-order valence-corrected chi connectivity index (χ0v) is 16.6. The highest BCUT2D eigenvalue weighted by Gasteiger charge is 2.30. The number of hydrogen-bond acceptors (Lipinski definition) is 6. The quantitative estimate of drug-likeness (QED) is 0.684. The molecule has 4 rings (SSSR count). The molecular weight excluding hydrogens is 392 g/mol. The Kier molecular flexibility index (Phi) is 5.30. The molecule has 0 unspecified atom stereocenters. The summed E-state index contributed by atoms with van der Waals surface area (Å²) >= 11 is 1.35. The number of hydrogen-bond donors (Lipinski definition) is 2. The smallest absolute Gasteiger partial charge is 0.289 e. The number of aromatic nitrogens is 1. The molecule has 1 atom stereocenters. The van der Waals surface area contributed by atoms with Crippen LogP contribution in [0.3, 0.4) is 0 Å². The highest BCUT2D eigenvalue weighted by molar-refractivity contribution is 7.22. The number of fused-ring (bicyclic) bond motifs is 1. The third-order valence-electron chi connectivity index (χ3n) is 4.75. The summed E-state index contributed by atoms with van der Waals surface area (Å²) in [5.41, 5.74) is 1.43. The summed E-state index contributed by atoms with van der Waals surface area (Å²) in [5, 5.41) is 6.11. The first-order chi connectivity index (χ1) is 14.0. The molecule has 2 N–H and O–H groups in total. The number of amides is 3. The minimum absolute atomic E-state index is 0.145. The fourth-order valence-electron chi connectivity index (χ4n) is 3.40. The van der Waals surface area contributed by atoms with Gasteiger partial charge in [-0.25, -0.2) is 4.98 Å². The van der Waals surface area contributed by atoms with Gasteiger partial charge >= 0.3 is 0 Å². The Hall–Kier alpha value is -3.20. The Labute approximate surface area is 170 Å². The number of piperidine rings is 1. The van der Waals surface area contributed by atoms with E-state index in [1.807, 2.05) is 6.07 Å². The summed E-state index contributed by atoms with van der Waals surface area (Å²) in [6.07, 6.45) is 2.93. The Balaban J connectivity index is 1.43. The van der Waals surface area contributed by atoms with Gasteiger partial charge in [0.25, 0.3) is 5.91 Å². The third kappa shape index (κ3) is 4.29. The van der Waals surface area contributed by atoms with Crippen LogP contribution in [0, 0.1) is 5.92 Å². The monoisotopic (exact) mass is 412 g/mol. The summed E-state index contributed by atoms with van der Waals surface area (Å²) in [5.74, 6) is -0.508. The minimum atomic E-state index is -0.301. The van der Waals surface area contributed by atoms with Crippen LogP contribution < -0.4 is 10.6 Å². The van der Waals surface area contributed by atoms with Gasteiger partial charge in [0.05, 0.1) is 22.4 Å². The molecule has 0 spiro atoms. The van der Waals surface area contributed by atoms with E-state index in [9.17, 15) is 14.4 Å². The molecule has 29 heavy (non-hydrogen) atoms. The second-order valence-electron chi connectivity index (χ2n) is 6.94. The number of carbonyl (C=O) groups excluding carboxylic acids is 3. The highest BCUT2D eigenvalue weighted by atomic mass is 32.1. The molecule has 1 saturated heterocycles. The second-order valence-corrected chi connectivity index (χ2v) is 7.97. The van der Waals surface area contributed by atoms with Crippen molar-refractivity contribution in [1.82, 2.24) is 9.88 Å². The molecule has 1 aliphatic heterocycles. The zero-order chi connectivity index (χ0) is 20.4. The lowest BCUT2D eigenvalue weighted by molar-refractivity contribution is -0.121. The van der Waals surface area contributed by atoms with E-state index in [4.69, 9.17) is 4.42 Å². The lowest BCUT2D eigenvalue weighted by Gasteiger charge is -2.31. The Bertz CT molecular complexity index is 1060. The Morgan fingerprint density at radius 2 is 2.10 bits per heavy atom. The van der Waals surface area contributed by atoms with Crippen molar-refractivity contribution in [2.45, 2.75) is 19.8 Å². The number of nitrogens with zero attached hydrogens (tertiary/aromatic N) is 2. The first-order valence-electron chi connectivity index (χ1n) is 9.31. The van der Waals surface area contributed by atoms with Crippen LogP contribution in [0.2, 0.25) is 0 Å². The topological polar surface area (TPSA) is 105 Å². The van der Waals surface area contributed by atoms with Gasteiger partial charge in [-0.05, 0) is 43.2 Å². The van der Waals surface area contributed by atoms with Crippen LogP contribution in [0.5, 0.6) is 0 Å². The van der Waals surface area contributed by atoms with Gasteiger partial charge in [0.15, 0.2) is 10.9 Å². The molecule has 1 aliphatic rings. The van der Waals surface area contributed by atoms with Crippen molar-refractivity contribution in [2.75, 3.05) is 23.7 Å². The molecule has 9 heteroatoms. The molecule has 0 saturated carbocycles. The maximum atomic E-state index is 12.7. The van der Waals surface area contributed by atoms with E-state index < -0.39 is 0 Å². The van der Waals surface area contributed by atoms with Crippen molar-refractivity contribution >= 4 is 50.1 Å². The maximum absolute atomic E-state index is 12.7. The standard InChI is InChI=1S/C20H20N4O4S/c1-12(25)21-14-6-7-15-17(10-14)29-20(22-15)23-18(26)13-4-2-8-24(11-13)19(27)16-5-3-9-28-16/h3,5-7,9-10,13H,2,4,8,11H2,1H3,(H,21,25)(H,22,23,26)/t13-/m0/s1. The van der Waals surface area contributed by atoms with Crippen molar-refractivity contribution < 1.29 is 18.8 Å². The number of likely N-dealkylation sites (tertiary alicyclic amines) is 1. The molecule has 0 radical (unpaired) electrons. The molecule has 150 valence electrons. The van der Waals surface area contributed by atoms with Crippen molar-refractivity contribution in [3.05, 3.63) is 42.4 Å². The summed E-state index contributed by atoms with van der Waals surface area (Å²) in [6, 6.07) is 8.70. The summed E-state index contributed by atoms with van der Waals surface area (Å²) in [4.78, 5) is 42.5. The number of furan rings is 1. The van der Waals surface area contributed by atoms with Gasteiger partial charge in [0.2, 0.25) is 11.8 Å². The van der Waals surface area contributed by atoms with Crippen LogP contribution in [0.1, 0.15) is 30.3 Å². The molecule has 2 aromatic heterocycles. The molecule has 1 fully saturated rings. The van der Waals surface area contributed by atoms with E-state index in [1.165, 1.54) is 24.5 Å². The van der Waals surface area contributed by atoms with Crippen molar-refractivity contribution in [1.29, 1.82) is 0 Å². The lowest BCUT2D eigenvalue weighted by Crippen LogP contribution is -2.43. The molecule has 3 heterocycles. The predicted octanol–water partition coefficient (Wildman–Crippen LogP) is 3.34. The molecule has 3 amide bonds. The van der Waals surface area contributed by atoms with Crippen LogP contribution in [-0.2, 0) is 9.59 Å². The van der Waals surface area contributed by atoms with Crippen LogP contribution in [-0.4, -0.2) is 40.7 Å². The predicted molar refractivity (Wildman–Crippen MR) is 110 cm³/mol. The number of benzene rings is 1. The largest absolute Gasteiger partial charge is 0.459 e. The maximum Gasteiger partial charge on any atom is 0.289 e. The number of carbonyl (C=O) groups is 3. The average molecular weight is 412 g/mol. The van der Waals surface area contributed by atoms with Crippen LogP contribution in [0.15, 0.2) is 41.0 Å². The molecular formula is C20H20N4O4S. The molecule has 0 bridgehead atoms. The van der Waals surface area contributed by atoms with Gasteiger partial charge in [-0.2, -0.15) is 0 Å². The van der Waals surface area contributed by atoms with E-state index in [0.717, 1.165) is 16.6 Å². The fraction of sp³-hybridized carbons (Fsp3) is 0.300. The van der Waals surface area contributed by atoms with Crippen molar-refractivity contribution in [2.24, 2.45) is 5.92 Å². The Morgan fingerprint density at radius 3 is 2.86 bits per heavy atom. The highest BCUT2D eigenvalue weighted by Crippen LogP contribution is 2.29. The van der Waals surface area contributed by atoms with Crippen LogP contribution in [0.25, 0.3) is 10.2 Å². The lowest BCUT2D eigenvalue weighted by atomic mass is 9.97.